The third-order valence-corrected chi connectivity index (χ3v) is 6.92. The zero-order chi connectivity index (χ0) is 23.8. The maximum absolute atomic E-state index is 12.9. The lowest BCUT2D eigenvalue weighted by Crippen LogP contribution is -2.25. The van der Waals surface area contributed by atoms with Gasteiger partial charge in [-0.25, -0.2) is 4.98 Å². The molecule has 0 bridgehead atoms. The van der Waals surface area contributed by atoms with Crippen LogP contribution >= 0.6 is 11.3 Å². The molecule has 1 aliphatic rings. The highest BCUT2D eigenvalue weighted by Crippen LogP contribution is 2.46. The van der Waals surface area contributed by atoms with E-state index in [2.05, 4.69) is 12.2 Å². The number of nitrogens with one attached hydrogen (secondary N) is 1. The van der Waals surface area contributed by atoms with E-state index in [0.29, 0.717) is 35.5 Å². The largest absolute Gasteiger partial charge is 0.497 e. The summed E-state index contributed by atoms with van der Waals surface area (Å²) in [4.78, 5) is 17.6. The first-order chi connectivity index (χ1) is 16.5. The quantitative estimate of drug-likeness (QED) is 0.399. The lowest BCUT2D eigenvalue weighted by atomic mass is 9.85. The molecule has 4 aromatic rings. The Hall–Kier alpha value is -3.59. The third kappa shape index (κ3) is 3.75. The van der Waals surface area contributed by atoms with Gasteiger partial charge < -0.3 is 19.5 Å². The summed E-state index contributed by atoms with van der Waals surface area (Å²) in [7, 11) is 3.27. The first-order valence-corrected chi connectivity index (χ1v) is 12.0. The Morgan fingerprint density at radius 2 is 2.06 bits per heavy atom. The molecule has 1 atom stereocenters. The van der Waals surface area contributed by atoms with Crippen molar-refractivity contribution in [2.24, 2.45) is 0 Å². The molecule has 0 saturated carbocycles. The molecule has 176 valence electrons. The van der Waals surface area contributed by atoms with Crippen molar-refractivity contribution in [3.63, 3.8) is 0 Å². The smallest absolute Gasteiger partial charge is 0.226 e. The van der Waals surface area contributed by atoms with Crippen molar-refractivity contribution in [2.75, 3.05) is 26.1 Å². The van der Waals surface area contributed by atoms with E-state index in [1.54, 1.807) is 18.9 Å². The van der Waals surface area contributed by atoms with Crippen LogP contribution in [0.15, 0.2) is 36.4 Å². The van der Waals surface area contributed by atoms with Gasteiger partial charge in [-0.15, -0.1) is 0 Å². The molecule has 1 N–H and O–H groups in total. The summed E-state index contributed by atoms with van der Waals surface area (Å²) in [6, 6.07) is 11.6. The Balaban J connectivity index is 1.64. The molecule has 0 radical (unpaired) electrons. The van der Waals surface area contributed by atoms with Gasteiger partial charge in [0.05, 0.1) is 36.7 Å². The Morgan fingerprint density at radius 3 is 2.82 bits per heavy atom. The van der Waals surface area contributed by atoms with Crippen LogP contribution in [0.4, 0.5) is 5.82 Å². The number of thiazole rings is 1. The van der Waals surface area contributed by atoms with Crippen LogP contribution < -0.4 is 19.5 Å². The summed E-state index contributed by atoms with van der Waals surface area (Å²) >= 11 is 1.50. The molecule has 0 saturated heterocycles. The second-order valence-corrected chi connectivity index (χ2v) is 9.13. The molecule has 0 unspecified atom stereocenters. The number of ether oxygens (including phenoxy) is 3. The van der Waals surface area contributed by atoms with E-state index >= 15 is 0 Å². The molecule has 9 heteroatoms. The van der Waals surface area contributed by atoms with Gasteiger partial charge in [0.1, 0.15) is 11.6 Å². The molecule has 2 aromatic heterocycles. The number of carbonyl (C=O) groups is 1. The Kier molecular flexibility index (Phi) is 5.87. The number of benzene rings is 2. The van der Waals surface area contributed by atoms with Crippen molar-refractivity contribution in [1.82, 2.24) is 14.8 Å². The van der Waals surface area contributed by atoms with E-state index in [4.69, 9.17) is 24.3 Å². The van der Waals surface area contributed by atoms with Crippen LogP contribution in [0.1, 0.15) is 42.5 Å². The first kappa shape index (κ1) is 22.2. The van der Waals surface area contributed by atoms with E-state index in [1.165, 1.54) is 11.3 Å². The lowest BCUT2D eigenvalue weighted by molar-refractivity contribution is -0.116. The first-order valence-electron chi connectivity index (χ1n) is 11.2. The number of aromatic nitrogens is 3. The fraction of sp³-hybridized carbons (Fsp3) is 0.320. The van der Waals surface area contributed by atoms with Gasteiger partial charge in [0, 0.05) is 23.5 Å². The summed E-state index contributed by atoms with van der Waals surface area (Å²) in [5, 5.41) is 8.51. The highest BCUT2D eigenvalue weighted by atomic mass is 32.1. The maximum Gasteiger partial charge on any atom is 0.226 e. The van der Waals surface area contributed by atoms with Gasteiger partial charge in [0.25, 0.3) is 0 Å². The third-order valence-electron chi connectivity index (χ3n) is 5.92. The van der Waals surface area contributed by atoms with Gasteiger partial charge in [0.15, 0.2) is 11.5 Å². The monoisotopic (exact) mass is 478 g/mol. The van der Waals surface area contributed by atoms with Crippen molar-refractivity contribution in [1.29, 1.82) is 0 Å². The van der Waals surface area contributed by atoms with Gasteiger partial charge in [-0.05, 0) is 37.6 Å². The number of aryl methyl sites for hydroxylation is 1. The van der Waals surface area contributed by atoms with Gasteiger partial charge >= 0.3 is 0 Å². The minimum Gasteiger partial charge on any atom is -0.497 e. The second-order valence-electron chi connectivity index (χ2n) is 8.12. The van der Waals surface area contributed by atoms with Crippen molar-refractivity contribution in [2.45, 2.75) is 32.6 Å². The van der Waals surface area contributed by atoms with Crippen LogP contribution in [0.5, 0.6) is 17.2 Å². The fourth-order valence-electron chi connectivity index (χ4n) is 4.39. The standard InChI is InChI=1S/C25H26N4O4S/c1-5-11-33-23-16(7-6-8-19(23)32-4)17-13-21(30)27-24-22(17)14(2)28-29(24)25-26-18-10-9-15(31-3)12-20(18)34-25/h6-10,12,17H,5,11,13H2,1-4H3,(H,27,30)/t17-/m0/s1. The molecule has 1 amide bonds. The predicted molar refractivity (Wildman–Crippen MR) is 132 cm³/mol. The summed E-state index contributed by atoms with van der Waals surface area (Å²) in [5.41, 5.74) is 3.57. The van der Waals surface area contributed by atoms with E-state index < -0.39 is 0 Å². The summed E-state index contributed by atoms with van der Waals surface area (Å²) < 4.78 is 19.7. The minimum atomic E-state index is -0.214. The Bertz CT molecular complexity index is 1380. The Labute approximate surface area is 201 Å². The number of nitrogens with zero attached hydrogens (tertiary/aromatic N) is 3. The van der Waals surface area contributed by atoms with Gasteiger partial charge in [-0.3, -0.25) is 4.79 Å². The van der Waals surface area contributed by atoms with Gasteiger partial charge in [-0.2, -0.15) is 9.78 Å². The van der Waals surface area contributed by atoms with E-state index in [1.807, 2.05) is 43.3 Å². The highest BCUT2D eigenvalue weighted by molar-refractivity contribution is 7.20. The lowest BCUT2D eigenvalue weighted by Gasteiger charge is -2.26. The number of hydrogen-bond acceptors (Lipinski definition) is 7. The molecule has 5 rings (SSSR count). The Morgan fingerprint density at radius 1 is 1.21 bits per heavy atom. The molecule has 1 aliphatic heterocycles. The van der Waals surface area contributed by atoms with Crippen molar-refractivity contribution < 1.29 is 19.0 Å². The van der Waals surface area contributed by atoms with Crippen molar-refractivity contribution in [3.8, 4) is 22.4 Å². The SMILES string of the molecule is CCCOc1c(OC)cccc1[C@@H]1CC(=O)Nc2c1c(C)nn2-c1nc2ccc(OC)cc2s1. The number of para-hydroxylation sites is 1. The maximum atomic E-state index is 12.9. The molecule has 8 nitrogen and oxygen atoms in total. The molecular formula is C25H26N4O4S. The van der Waals surface area contributed by atoms with E-state index in [-0.39, 0.29) is 11.8 Å². The topological polar surface area (TPSA) is 87.5 Å². The molecule has 0 spiro atoms. The minimum absolute atomic E-state index is 0.0781. The average molecular weight is 479 g/mol. The summed E-state index contributed by atoms with van der Waals surface area (Å²) in [5.74, 6) is 2.46. The molecule has 3 heterocycles. The fourth-order valence-corrected chi connectivity index (χ4v) is 5.34. The van der Waals surface area contributed by atoms with Crippen LogP contribution in [-0.2, 0) is 4.79 Å². The normalized spacial score (nSPS) is 15.2. The van der Waals surface area contributed by atoms with Crippen molar-refractivity contribution >= 4 is 33.3 Å². The molecule has 34 heavy (non-hydrogen) atoms. The number of carbonyl (C=O) groups excluding carboxylic acids is 1. The van der Waals surface area contributed by atoms with Crippen LogP contribution in [0.25, 0.3) is 15.3 Å². The summed E-state index contributed by atoms with van der Waals surface area (Å²) in [6.07, 6.45) is 1.17. The average Bonchev–Trinajstić information content (AvgIpc) is 3.42. The van der Waals surface area contributed by atoms with Crippen LogP contribution in [0.3, 0.4) is 0 Å². The second kappa shape index (κ2) is 8.98. The molecule has 2 aromatic carbocycles. The van der Waals surface area contributed by atoms with Crippen LogP contribution in [0.2, 0.25) is 0 Å². The number of methoxy groups -OCH3 is 2. The van der Waals surface area contributed by atoms with E-state index in [0.717, 1.165) is 39.2 Å². The number of fused-ring (bicyclic) bond motifs is 2. The van der Waals surface area contributed by atoms with Crippen LogP contribution in [0, 0.1) is 6.92 Å². The zero-order valence-electron chi connectivity index (χ0n) is 19.5. The van der Waals surface area contributed by atoms with Crippen molar-refractivity contribution in [3.05, 3.63) is 53.2 Å². The van der Waals surface area contributed by atoms with Gasteiger partial charge in [-0.1, -0.05) is 30.4 Å². The number of rotatable bonds is 7. The number of amides is 1. The van der Waals surface area contributed by atoms with E-state index in [9.17, 15) is 4.79 Å². The molecule has 0 fully saturated rings. The van der Waals surface area contributed by atoms with Crippen LogP contribution in [-0.4, -0.2) is 41.5 Å². The zero-order valence-corrected chi connectivity index (χ0v) is 20.4. The molecular weight excluding hydrogens is 452 g/mol. The predicted octanol–water partition coefficient (Wildman–Crippen LogP) is 5.07. The summed E-state index contributed by atoms with van der Waals surface area (Å²) in [6.45, 7) is 4.58. The van der Waals surface area contributed by atoms with Gasteiger partial charge in [0.2, 0.25) is 11.0 Å². The number of hydrogen-bond donors (Lipinski definition) is 1. The highest BCUT2D eigenvalue weighted by Gasteiger charge is 2.35. The number of anilines is 1. The molecule has 0 aliphatic carbocycles.